The predicted molar refractivity (Wildman–Crippen MR) is 138 cm³/mol. The SMILES string of the molecule is CCNC(=NCCS(=O)(=O)NCc1ccccc1)NCCc1cc(C)ccc1OC.I. The summed E-state index contributed by atoms with van der Waals surface area (Å²) in [4.78, 5) is 4.39. The molecule has 0 aromatic heterocycles. The van der Waals surface area contributed by atoms with Crippen LogP contribution in [0.5, 0.6) is 5.75 Å². The molecule has 0 heterocycles. The Hall–Kier alpha value is -1.85. The largest absolute Gasteiger partial charge is 0.496 e. The molecule has 172 valence electrons. The highest BCUT2D eigenvalue weighted by Gasteiger charge is 2.10. The minimum Gasteiger partial charge on any atom is -0.496 e. The van der Waals surface area contributed by atoms with E-state index >= 15 is 0 Å². The van der Waals surface area contributed by atoms with Gasteiger partial charge in [0.05, 0.1) is 19.4 Å². The lowest BCUT2D eigenvalue weighted by atomic mass is 10.1. The predicted octanol–water partition coefficient (Wildman–Crippen LogP) is 2.84. The smallest absolute Gasteiger partial charge is 0.213 e. The number of aryl methyl sites for hydroxylation is 1. The molecule has 7 nitrogen and oxygen atoms in total. The molecule has 0 atom stereocenters. The Balaban J connectivity index is 0.00000480. The van der Waals surface area contributed by atoms with E-state index in [-0.39, 0.29) is 42.8 Å². The van der Waals surface area contributed by atoms with Gasteiger partial charge < -0.3 is 15.4 Å². The van der Waals surface area contributed by atoms with Crippen molar-refractivity contribution in [3.8, 4) is 5.75 Å². The molecular formula is C22H33IN4O3S. The molecule has 0 saturated heterocycles. The maximum absolute atomic E-state index is 12.2. The molecule has 0 bridgehead atoms. The molecule has 2 aromatic carbocycles. The van der Waals surface area contributed by atoms with Gasteiger partial charge in [0.15, 0.2) is 5.96 Å². The van der Waals surface area contributed by atoms with Crippen molar-refractivity contribution >= 4 is 40.0 Å². The van der Waals surface area contributed by atoms with E-state index in [1.807, 2.05) is 56.3 Å². The van der Waals surface area contributed by atoms with Crippen LogP contribution in [-0.4, -0.2) is 46.9 Å². The molecule has 2 rings (SSSR count). The van der Waals surface area contributed by atoms with Crippen molar-refractivity contribution in [2.75, 3.05) is 32.5 Å². The zero-order valence-electron chi connectivity index (χ0n) is 18.3. The van der Waals surface area contributed by atoms with Gasteiger partial charge in [0.1, 0.15) is 5.75 Å². The number of nitrogens with zero attached hydrogens (tertiary/aromatic N) is 1. The van der Waals surface area contributed by atoms with Crippen LogP contribution in [-0.2, 0) is 23.0 Å². The molecule has 0 spiro atoms. The highest BCUT2D eigenvalue weighted by atomic mass is 127. The summed E-state index contributed by atoms with van der Waals surface area (Å²) in [6, 6.07) is 15.5. The Morgan fingerprint density at radius 3 is 2.52 bits per heavy atom. The van der Waals surface area contributed by atoms with Crippen LogP contribution in [0, 0.1) is 6.92 Å². The third-order valence-corrected chi connectivity index (χ3v) is 5.74. The maximum atomic E-state index is 12.2. The van der Waals surface area contributed by atoms with Crippen molar-refractivity contribution in [3.05, 3.63) is 65.2 Å². The van der Waals surface area contributed by atoms with Gasteiger partial charge in [-0.15, -0.1) is 24.0 Å². The first-order valence-electron chi connectivity index (χ1n) is 10.1. The van der Waals surface area contributed by atoms with Crippen LogP contribution in [0.4, 0.5) is 0 Å². The van der Waals surface area contributed by atoms with Gasteiger partial charge in [0, 0.05) is 19.6 Å². The molecule has 9 heteroatoms. The number of guanidine groups is 1. The van der Waals surface area contributed by atoms with Gasteiger partial charge in [-0.05, 0) is 37.5 Å². The summed E-state index contributed by atoms with van der Waals surface area (Å²) >= 11 is 0. The van der Waals surface area contributed by atoms with Gasteiger partial charge in [0.2, 0.25) is 10.0 Å². The second kappa shape index (κ2) is 14.3. The first-order valence-corrected chi connectivity index (χ1v) is 11.8. The highest BCUT2D eigenvalue weighted by Crippen LogP contribution is 2.19. The molecule has 0 radical (unpaired) electrons. The average molecular weight is 561 g/mol. The first kappa shape index (κ1) is 27.2. The zero-order chi connectivity index (χ0) is 21.8. The number of halogens is 1. The fourth-order valence-electron chi connectivity index (χ4n) is 2.90. The summed E-state index contributed by atoms with van der Waals surface area (Å²) in [5, 5.41) is 6.40. The molecule has 0 saturated carbocycles. The number of hydrogen-bond donors (Lipinski definition) is 3. The summed E-state index contributed by atoms with van der Waals surface area (Å²) in [6.45, 7) is 5.83. The van der Waals surface area contributed by atoms with Crippen molar-refractivity contribution in [3.63, 3.8) is 0 Å². The van der Waals surface area contributed by atoms with Crippen molar-refractivity contribution in [1.82, 2.24) is 15.4 Å². The van der Waals surface area contributed by atoms with Crippen molar-refractivity contribution in [2.45, 2.75) is 26.8 Å². The van der Waals surface area contributed by atoms with Crippen molar-refractivity contribution in [2.24, 2.45) is 4.99 Å². The first-order chi connectivity index (χ1) is 14.4. The molecule has 0 unspecified atom stereocenters. The van der Waals surface area contributed by atoms with Gasteiger partial charge in [-0.1, -0.05) is 48.0 Å². The number of aliphatic imine (C=N–C) groups is 1. The van der Waals surface area contributed by atoms with Crippen LogP contribution in [0.25, 0.3) is 0 Å². The molecule has 0 aliphatic carbocycles. The molecule has 2 aromatic rings. The third-order valence-electron chi connectivity index (χ3n) is 4.44. The van der Waals surface area contributed by atoms with E-state index in [9.17, 15) is 8.42 Å². The number of hydrogen-bond acceptors (Lipinski definition) is 4. The molecule has 0 fully saturated rings. The molecule has 31 heavy (non-hydrogen) atoms. The molecule has 3 N–H and O–H groups in total. The van der Waals surface area contributed by atoms with Gasteiger partial charge >= 0.3 is 0 Å². The second-order valence-electron chi connectivity index (χ2n) is 6.88. The van der Waals surface area contributed by atoms with Gasteiger partial charge in [0.25, 0.3) is 0 Å². The van der Waals surface area contributed by atoms with Crippen LogP contribution in [0.15, 0.2) is 53.5 Å². The normalized spacial score (nSPS) is 11.5. The van der Waals surface area contributed by atoms with Crippen molar-refractivity contribution < 1.29 is 13.2 Å². The fourth-order valence-corrected chi connectivity index (χ4v) is 3.76. The Labute approximate surface area is 203 Å². The monoisotopic (exact) mass is 560 g/mol. The zero-order valence-corrected chi connectivity index (χ0v) is 21.5. The molecule has 0 aliphatic rings. The number of benzene rings is 2. The summed E-state index contributed by atoms with van der Waals surface area (Å²) in [5.74, 6) is 1.39. The lowest BCUT2D eigenvalue weighted by Gasteiger charge is -2.13. The number of ether oxygens (including phenoxy) is 1. The van der Waals surface area contributed by atoms with Gasteiger partial charge in [-0.3, -0.25) is 4.99 Å². The van der Waals surface area contributed by atoms with Gasteiger partial charge in [-0.25, -0.2) is 13.1 Å². The summed E-state index contributed by atoms with van der Waals surface area (Å²) in [7, 11) is -1.73. The van der Waals surface area contributed by atoms with E-state index in [1.54, 1.807) is 7.11 Å². The quantitative estimate of drug-likeness (QED) is 0.224. The average Bonchev–Trinajstić information content (AvgIpc) is 2.73. The number of sulfonamides is 1. The minimum absolute atomic E-state index is 0. The van der Waals surface area contributed by atoms with E-state index in [1.165, 1.54) is 5.56 Å². The summed E-state index contributed by atoms with van der Waals surface area (Å²) in [5.41, 5.74) is 3.22. The Morgan fingerprint density at radius 2 is 1.84 bits per heavy atom. The maximum Gasteiger partial charge on any atom is 0.213 e. The number of nitrogens with one attached hydrogen (secondary N) is 3. The Bertz CT molecular complexity index is 922. The lowest BCUT2D eigenvalue weighted by Crippen LogP contribution is -2.39. The molecule has 0 aliphatic heterocycles. The number of rotatable bonds is 11. The van der Waals surface area contributed by atoms with Gasteiger partial charge in [-0.2, -0.15) is 0 Å². The number of methoxy groups -OCH3 is 1. The van der Waals surface area contributed by atoms with Crippen LogP contribution in [0.2, 0.25) is 0 Å². The van der Waals surface area contributed by atoms with E-state index in [2.05, 4.69) is 26.4 Å². The standard InChI is InChI=1S/C22H32N4O3S.HI/c1-4-23-22(24-13-12-20-16-18(2)10-11-21(20)29-3)25-14-15-30(27,28)26-17-19-8-6-5-7-9-19;/h5-11,16,26H,4,12-15,17H2,1-3H3,(H2,23,24,25);1H. The van der Waals surface area contributed by atoms with Crippen LogP contribution in [0.3, 0.4) is 0 Å². The molecular weight excluding hydrogens is 527 g/mol. The van der Waals surface area contributed by atoms with E-state index in [0.717, 1.165) is 23.3 Å². The summed E-state index contributed by atoms with van der Waals surface area (Å²) in [6.07, 6.45) is 0.770. The second-order valence-corrected chi connectivity index (χ2v) is 8.80. The topological polar surface area (TPSA) is 91.8 Å². The minimum atomic E-state index is -3.40. The van der Waals surface area contributed by atoms with Crippen LogP contribution >= 0.6 is 24.0 Å². The van der Waals surface area contributed by atoms with Crippen molar-refractivity contribution in [1.29, 1.82) is 0 Å². The Morgan fingerprint density at radius 1 is 1.10 bits per heavy atom. The fraction of sp³-hybridized carbons (Fsp3) is 0.409. The Kier molecular flexibility index (Phi) is 12.5. The highest BCUT2D eigenvalue weighted by molar-refractivity contribution is 14.0. The third kappa shape index (κ3) is 10.3. The van der Waals surface area contributed by atoms with E-state index in [0.29, 0.717) is 19.0 Å². The lowest BCUT2D eigenvalue weighted by molar-refractivity contribution is 0.409. The van der Waals surface area contributed by atoms with Crippen LogP contribution in [0.1, 0.15) is 23.6 Å². The van der Waals surface area contributed by atoms with E-state index < -0.39 is 10.0 Å². The molecule has 0 amide bonds. The van der Waals surface area contributed by atoms with Crippen LogP contribution < -0.4 is 20.1 Å². The van der Waals surface area contributed by atoms with E-state index in [4.69, 9.17) is 4.74 Å². The summed E-state index contributed by atoms with van der Waals surface area (Å²) < 4.78 is 32.4.